The number of aromatic nitrogens is 2. The predicted molar refractivity (Wildman–Crippen MR) is 101 cm³/mol. The number of carbonyl (C=O) groups is 1. The Bertz CT molecular complexity index is 800. The Kier molecular flexibility index (Phi) is 6.14. The number of morpholine rings is 1. The van der Waals surface area contributed by atoms with Gasteiger partial charge in [-0.2, -0.15) is 5.10 Å². The second kappa shape index (κ2) is 8.37. The summed E-state index contributed by atoms with van der Waals surface area (Å²) in [7, 11) is 1.88. The first-order valence-electron chi connectivity index (χ1n) is 8.97. The molecule has 3 heterocycles. The van der Waals surface area contributed by atoms with Crippen LogP contribution in [0.15, 0.2) is 36.7 Å². The van der Waals surface area contributed by atoms with Crippen molar-refractivity contribution in [1.29, 1.82) is 0 Å². The summed E-state index contributed by atoms with van der Waals surface area (Å²) in [5.41, 5.74) is 1.86. The molecule has 2 aliphatic rings. The van der Waals surface area contributed by atoms with Crippen molar-refractivity contribution >= 4 is 18.3 Å². The van der Waals surface area contributed by atoms with Crippen LogP contribution in [0.3, 0.4) is 0 Å². The SMILES string of the molecule is Cl.Cn1cc([C@H]2CNC[C@@H]2C(=O)N2CCOC(c3cccc(F)c3)C2)cn1. The Hall–Kier alpha value is -1.96. The summed E-state index contributed by atoms with van der Waals surface area (Å²) in [6.45, 7) is 2.93. The Morgan fingerprint density at radius 1 is 1.33 bits per heavy atom. The second-order valence-electron chi connectivity index (χ2n) is 7.02. The molecule has 1 aromatic carbocycles. The lowest BCUT2D eigenvalue weighted by molar-refractivity contribution is -0.143. The van der Waals surface area contributed by atoms with E-state index < -0.39 is 0 Å². The number of rotatable bonds is 3. The van der Waals surface area contributed by atoms with Crippen molar-refractivity contribution in [2.75, 3.05) is 32.8 Å². The van der Waals surface area contributed by atoms with Crippen LogP contribution in [0.2, 0.25) is 0 Å². The molecule has 146 valence electrons. The molecule has 1 aromatic heterocycles. The summed E-state index contributed by atoms with van der Waals surface area (Å²) < 4.78 is 21.1. The van der Waals surface area contributed by atoms with Crippen LogP contribution in [0.25, 0.3) is 0 Å². The minimum atomic E-state index is -0.286. The number of halogens is 2. The number of ether oxygens (including phenoxy) is 1. The Balaban J connectivity index is 0.00000210. The molecule has 2 aromatic rings. The number of carbonyl (C=O) groups excluding carboxylic acids is 1. The zero-order chi connectivity index (χ0) is 18.1. The van der Waals surface area contributed by atoms with Gasteiger partial charge in [0.05, 0.1) is 25.3 Å². The molecule has 0 aliphatic carbocycles. The number of aryl methyl sites for hydroxylation is 1. The molecule has 2 saturated heterocycles. The highest BCUT2D eigenvalue weighted by atomic mass is 35.5. The zero-order valence-corrected chi connectivity index (χ0v) is 16.0. The first-order chi connectivity index (χ1) is 12.6. The molecular weight excluding hydrogens is 371 g/mol. The Labute approximate surface area is 164 Å². The molecule has 1 amide bonds. The molecule has 4 rings (SSSR count). The van der Waals surface area contributed by atoms with Crippen molar-refractivity contribution in [3.63, 3.8) is 0 Å². The molecule has 3 atom stereocenters. The van der Waals surface area contributed by atoms with Crippen LogP contribution in [0.5, 0.6) is 0 Å². The van der Waals surface area contributed by atoms with Crippen LogP contribution in [-0.4, -0.2) is 53.4 Å². The summed E-state index contributed by atoms with van der Waals surface area (Å²) in [5.74, 6) is -0.128. The quantitative estimate of drug-likeness (QED) is 0.863. The molecule has 2 aliphatic heterocycles. The van der Waals surface area contributed by atoms with Gasteiger partial charge in [-0.3, -0.25) is 9.48 Å². The van der Waals surface area contributed by atoms with Crippen LogP contribution >= 0.6 is 12.4 Å². The average Bonchev–Trinajstić information content (AvgIpc) is 3.30. The second-order valence-corrected chi connectivity index (χ2v) is 7.02. The maximum Gasteiger partial charge on any atom is 0.227 e. The Morgan fingerprint density at radius 3 is 2.93 bits per heavy atom. The van der Waals surface area contributed by atoms with E-state index in [0.717, 1.165) is 17.7 Å². The summed E-state index contributed by atoms with van der Waals surface area (Å²) in [5, 5.41) is 7.57. The Morgan fingerprint density at radius 2 is 2.19 bits per heavy atom. The van der Waals surface area contributed by atoms with Gasteiger partial charge in [0.15, 0.2) is 0 Å². The van der Waals surface area contributed by atoms with Crippen LogP contribution < -0.4 is 5.32 Å². The molecule has 8 heteroatoms. The molecule has 1 N–H and O–H groups in total. The molecule has 27 heavy (non-hydrogen) atoms. The van der Waals surface area contributed by atoms with Gasteiger partial charge in [-0.25, -0.2) is 4.39 Å². The van der Waals surface area contributed by atoms with Crippen LogP contribution in [0, 0.1) is 11.7 Å². The average molecular weight is 395 g/mol. The number of hydrogen-bond donors (Lipinski definition) is 1. The standard InChI is InChI=1S/C19H23FN4O2.ClH/c1-23-11-14(8-22-23)16-9-21-10-17(16)19(25)24-5-6-26-18(12-24)13-3-2-4-15(20)7-13;/h2-4,7-8,11,16-18,21H,5-6,9-10,12H2,1H3;1H/t16-,17+,18?;/m1./s1. The van der Waals surface area contributed by atoms with E-state index >= 15 is 0 Å². The third-order valence-corrected chi connectivity index (χ3v) is 5.28. The summed E-state index contributed by atoms with van der Waals surface area (Å²) >= 11 is 0. The normalized spacial score (nSPS) is 25.3. The first-order valence-corrected chi connectivity index (χ1v) is 8.97. The van der Waals surface area contributed by atoms with E-state index in [0.29, 0.717) is 26.2 Å². The van der Waals surface area contributed by atoms with Crippen molar-refractivity contribution in [3.8, 4) is 0 Å². The van der Waals surface area contributed by atoms with Crippen molar-refractivity contribution in [2.45, 2.75) is 12.0 Å². The molecule has 0 bridgehead atoms. The maximum absolute atomic E-state index is 13.5. The summed E-state index contributed by atoms with van der Waals surface area (Å²) in [6.07, 6.45) is 3.54. The van der Waals surface area contributed by atoms with Gasteiger partial charge < -0.3 is 15.0 Å². The van der Waals surface area contributed by atoms with Crippen LogP contribution in [0.1, 0.15) is 23.1 Å². The molecule has 0 saturated carbocycles. The highest BCUT2D eigenvalue weighted by molar-refractivity contribution is 5.85. The van der Waals surface area contributed by atoms with Gasteiger partial charge >= 0.3 is 0 Å². The third-order valence-electron chi connectivity index (χ3n) is 5.28. The lowest BCUT2D eigenvalue weighted by Gasteiger charge is -2.35. The lowest BCUT2D eigenvalue weighted by atomic mass is 9.89. The fourth-order valence-electron chi connectivity index (χ4n) is 3.91. The minimum Gasteiger partial charge on any atom is -0.370 e. The van der Waals surface area contributed by atoms with E-state index in [1.165, 1.54) is 12.1 Å². The summed E-state index contributed by atoms with van der Waals surface area (Å²) in [6, 6.07) is 6.41. The van der Waals surface area contributed by atoms with Crippen molar-refractivity contribution in [1.82, 2.24) is 20.0 Å². The maximum atomic E-state index is 13.5. The predicted octanol–water partition coefficient (Wildman–Crippen LogP) is 1.88. The first kappa shape index (κ1) is 19.8. The number of amides is 1. The smallest absolute Gasteiger partial charge is 0.227 e. The van der Waals surface area contributed by atoms with Gasteiger partial charge in [0.25, 0.3) is 0 Å². The van der Waals surface area contributed by atoms with Crippen molar-refractivity contribution in [3.05, 3.63) is 53.6 Å². The molecule has 6 nitrogen and oxygen atoms in total. The molecule has 0 spiro atoms. The van der Waals surface area contributed by atoms with Crippen LogP contribution in [-0.2, 0) is 16.6 Å². The topological polar surface area (TPSA) is 59.4 Å². The largest absolute Gasteiger partial charge is 0.370 e. The van der Waals surface area contributed by atoms with Crippen molar-refractivity contribution in [2.24, 2.45) is 13.0 Å². The summed E-state index contributed by atoms with van der Waals surface area (Å²) in [4.78, 5) is 15.0. The molecule has 0 radical (unpaired) electrons. The highest BCUT2D eigenvalue weighted by Crippen LogP contribution is 2.31. The van der Waals surface area contributed by atoms with Gasteiger partial charge in [-0.1, -0.05) is 12.1 Å². The molecule has 2 fully saturated rings. The van der Waals surface area contributed by atoms with E-state index in [-0.39, 0.29) is 42.1 Å². The van der Waals surface area contributed by atoms with E-state index in [4.69, 9.17) is 4.74 Å². The van der Waals surface area contributed by atoms with Gasteiger partial charge in [0.2, 0.25) is 5.91 Å². The fourth-order valence-corrected chi connectivity index (χ4v) is 3.91. The zero-order valence-electron chi connectivity index (χ0n) is 15.2. The minimum absolute atomic E-state index is 0. The van der Waals surface area contributed by atoms with Crippen molar-refractivity contribution < 1.29 is 13.9 Å². The number of nitrogens with one attached hydrogen (secondary N) is 1. The van der Waals surface area contributed by atoms with Crippen LogP contribution in [0.4, 0.5) is 4.39 Å². The number of hydrogen-bond acceptors (Lipinski definition) is 4. The van der Waals surface area contributed by atoms with Gasteiger partial charge in [-0.15, -0.1) is 12.4 Å². The van der Waals surface area contributed by atoms with E-state index in [2.05, 4.69) is 10.4 Å². The fraction of sp³-hybridized carbons (Fsp3) is 0.474. The van der Waals surface area contributed by atoms with Gasteiger partial charge in [0, 0.05) is 38.8 Å². The van der Waals surface area contributed by atoms with E-state index in [9.17, 15) is 9.18 Å². The highest BCUT2D eigenvalue weighted by Gasteiger charge is 2.38. The lowest BCUT2D eigenvalue weighted by Crippen LogP contribution is -2.46. The number of nitrogens with zero attached hydrogens (tertiary/aromatic N) is 3. The number of benzene rings is 1. The van der Waals surface area contributed by atoms with E-state index in [1.54, 1.807) is 10.7 Å². The van der Waals surface area contributed by atoms with Gasteiger partial charge in [-0.05, 0) is 23.3 Å². The monoisotopic (exact) mass is 394 g/mol. The molecular formula is C19H24ClFN4O2. The molecule has 1 unspecified atom stereocenters. The van der Waals surface area contributed by atoms with E-state index in [1.807, 2.05) is 30.4 Å². The van der Waals surface area contributed by atoms with Gasteiger partial charge in [0.1, 0.15) is 11.9 Å². The third kappa shape index (κ3) is 4.15.